The van der Waals surface area contributed by atoms with Gasteiger partial charge in [0.25, 0.3) is 5.91 Å². The summed E-state index contributed by atoms with van der Waals surface area (Å²) in [6, 6.07) is 9.15. The smallest absolute Gasteiger partial charge is 0.274 e. The molecule has 3 aromatic rings. The van der Waals surface area contributed by atoms with Crippen LogP contribution in [0.15, 0.2) is 42.6 Å². The van der Waals surface area contributed by atoms with Crippen LogP contribution in [0.2, 0.25) is 0 Å². The molecule has 0 aliphatic rings. The van der Waals surface area contributed by atoms with Gasteiger partial charge >= 0.3 is 0 Å². The largest absolute Gasteiger partial charge is 0.360 e. The van der Waals surface area contributed by atoms with E-state index in [9.17, 15) is 17.6 Å². The Bertz CT molecular complexity index is 931. The van der Waals surface area contributed by atoms with Crippen molar-refractivity contribution in [3.63, 3.8) is 0 Å². The molecule has 23 heavy (non-hydrogen) atoms. The summed E-state index contributed by atoms with van der Waals surface area (Å²) < 4.78 is 40.0. The van der Waals surface area contributed by atoms with Gasteiger partial charge in [-0.3, -0.25) is 4.79 Å². The quantitative estimate of drug-likeness (QED) is 0.741. The van der Waals surface area contributed by atoms with Crippen molar-refractivity contribution >= 4 is 37.5 Å². The average Bonchev–Trinajstić information content (AvgIpc) is 3.06. The zero-order valence-corrected chi connectivity index (χ0v) is 13.5. The molecule has 1 amide bonds. The van der Waals surface area contributed by atoms with Crippen molar-refractivity contribution in [3.05, 3.63) is 58.9 Å². The van der Waals surface area contributed by atoms with Gasteiger partial charge in [-0.2, -0.15) is 0 Å². The maximum Gasteiger partial charge on any atom is 0.274 e. The molecule has 0 unspecified atom stereocenters. The maximum atomic E-state index is 13.1. The number of sulfonamides is 1. The summed E-state index contributed by atoms with van der Waals surface area (Å²) in [4.78, 5) is 15.3. The van der Waals surface area contributed by atoms with E-state index >= 15 is 0 Å². The predicted octanol–water partition coefficient (Wildman–Crippen LogP) is 2.67. The van der Waals surface area contributed by atoms with Gasteiger partial charge in [-0.25, -0.2) is 17.5 Å². The molecule has 0 saturated carbocycles. The molecule has 0 aliphatic heterocycles. The average molecular weight is 352 g/mol. The van der Waals surface area contributed by atoms with Gasteiger partial charge in [-0.05, 0) is 36.2 Å². The van der Waals surface area contributed by atoms with Crippen LogP contribution in [0.25, 0.3) is 10.2 Å². The van der Waals surface area contributed by atoms with E-state index in [1.165, 1.54) is 29.5 Å². The lowest BCUT2D eigenvalue weighted by Crippen LogP contribution is -2.32. The first-order valence-corrected chi connectivity index (χ1v) is 9.26. The fourth-order valence-corrected chi connectivity index (χ4v) is 4.13. The number of halogens is 1. The summed E-state index contributed by atoms with van der Waals surface area (Å²) in [6.07, 6.45) is 1.88. The van der Waals surface area contributed by atoms with E-state index < -0.39 is 21.7 Å². The first-order valence-electron chi connectivity index (χ1n) is 6.79. The van der Waals surface area contributed by atoms with E-state index in [-0.39, 0.29) is 12.2 Å². The van der Waals surface area contributed by atoms with Crippen molar-refractivity contribution in [2.45, 2.75) is 6.42 Å². The second kappa shape index (κ2) is 6.13. The summed E-state index contributed by atoms with van der Waals surface area (Å²) in [6.45, 7) is 0. The molecule has 2 heterocycles. The molecular formula is C15H13FN2O3S2. The topological polar surface area (TPSA) is 79.0 Å². The van der Waals surface area contributed by atoms with Crippen LogP contribution in [0.1, 0.15) is 15.2 Å². The Labute approximate surface area is 136 Å². The molecule has 1 aromatic carbocycles. The van der Waals surface area contributed by atoms with Crippen LogP contribution >= 0.6 is 11.3 Å². The SMILES string of the molecule is O=C(NS(=O)(=O)CCc1cccc(F)c1)c1cc2[nH]ccc2s1. The number of aromatic nitrogens is 1. The third-order valence-corrected chi connectivity index (χ3v) is 5.59. The zero-order valence-electron chi connectivity index (χ0n) is 11.9. The number of carbonyl (C=O) groups excluding carboxylic acids is 1. The minimum absolute atomic E-state index is 0.131. The monoisotopic (exact) mass is 352 g/mol. The van der Waals surface area contributed by atoms with E-state index in [0.29, 0.717) is 10.4 Å². The van der Waals surface area contributed by atoms with Crippen LogP contribution in [0.4, 0.5) is 4.39 Å². The van der Waals surface area contributed by atoms with Crippen molar-refractivity contribution < 1.29 is 17.6 Å². The predicted molar refractivity (Wildman–Crippen MR) is 87.5 cm³/mol. The molecule has 2 aromatic heterocycles. The highest BCUT2D eigenvalue weighted by Gasteiger charge is 2.18. The summed E-state index contributed by atoms with van der Waals surface area (Å²) in [7, 11) is -3.79. The Hall–Kier alpha value is -2.19. The van der Waals surface area contributed by atoms with Gasteiger partial charge < -0.3 is 4.98 Å². The van der Waals surface area contributed by atoms with Gasteiger partial charge in [0.15, 0.2) is 0 Å². The fraction of sp³-hybridized carbons (Fsp3) is 0.133. The Balaban J connectivity index is 1.65. The lowest BCUT2D eigenvalue weighted by atomic mass is 10.2. The molecule has 120 valence electrons. The molecule has 0 saturated heterocycles. The molecule has 2 N–H and O–H groups in total. The second-order valence-electron chi connectivity index (χ2n) is 5.00. The number of thiophene rings is 1. The number of nitrogens with one attached hydrogen (secondary N) is 2. The third-order valence-electron chi connectivity index (χ3n) is 3.25. The lowest BCUT2D eigenvalue weighted by Gasteiger charge is -2.06. The van der Waals surface area contributed by atoms with Crippen LogP contribution < -0.4 is 4.72 Å². The standard InChI is InChI=1S/C15H13FN2O3S2/c16-11-3-1-2-10(8-11)5-7-23(20,21)18-15(19)14-9-12-13(22-14)4-6-17-12/h1-4,6,8-9,17H,5,7H2,(H,18,19). The molecule has 8 heteroatoms. The number of hydrogen-bond acceptors (Lipinski definition) is 4. The van der Waals surface area contributed by atoms with Crippen molar-refractivity contribution in [2.75, 3.05) is 5.75 Å². The second-order valence-corrected chi connectivity index (χ2v) is 7.92. The first kappa shape index (κ1) is 15.7. The van der Waals surface area contributed by atoms with E-state index in [0.717, 1.165) is 10.2 Å². The van der Waals surface area contributed by atoms with Crippen LogP contribution in [0, 0.1) is 5.82 Å². The van der Waals surface area contributed by atoms with Crippen molar-refractivity contribution in [2.24, 2.45) is 0 Å². The highest BCUT2D eigenvalue weighted by Crippen LogP contribution is 2.24. The minimum Gasteiger partial charge on any atom is -0.360 e. The first-order chi connectivity index (χ1) is 10.9. The van der Waals surface area contributed by atoms with Crippen LogP contribution in [0.5, 0.6) is 0 Å². The van der Waals surface area contributed by atoms with Gasteiger partial charge in [0.1, 0.15) is 5.82 Å². The number of H-pyrrole nitrogens is 1. The summed E-state index contributed by atoms with van der Waals surface area (Å²) >= 11 is 1.21. The van der Waals surface area contributed by atoms with E-state index in [1.807, 2.05) is 10.8 Å². The molecule has 0 atom stereocenters. The van der Waals surface area contributed by atoms with Gasteiger partial charge in [0, 0.05) is 6.20 Å². The minimum atomic E-state index is -3.79. The van der Waals surface area contributed by atoms with Crippen molar-refractivity contribution in [3.8, 4) is 0 Å². The summed E-state index contributed by atoms with van der Waals surface area (Å²) in [5, 5.41) is 0. The van der Waals surface area contributed by atoms with E-state index in [1.54, 1.807) is 18.3 Å². The third kappa shape index (κ3) is 3.77. The number of hydrogen-bond donors (Lipinski definition) is 2. The fourth-order valence-electron chi connectivity index (χ4n) is 2.15. The molecule has 0 fully saturated rings. The van der Waals surface area contributed by atoms with E-state index in [4.69, 9.17) is 0 Å². The Morgan fingerprint density at radius 1 is 1.26 bits per heavy atom. The maximum absolute atomic E-state index is 13.1. The van der Waals surface area contributed by atoms with Crippen LogP contribution in [-0.4, -0.2) is 25.1 Å². The number of aryl methyl sites for hydroxylation is 1. The molecule has 3 rings (SSSR count). The Morgan fingerprint density at radius 2 is 2.09 bits per heavy atom. The summed E-state index contributed by atoms with van der Waals surface area (Å²) in [5.41, 5.74) is 1.35. The van der Waals surface area contributed by atoms with Gasteiger partial charge in [-0.15, -0.1) is 11.3 Å². The Kier molecular flexibility index (Phi) is 4.18. The molecule has 0 radical (unpaired) electrons. The van der Waals surface area contributed by atoms with Gasteiger partial charge in [-0.1, -0.05) is 12.1 Å². The van der Waals surface area contributed by atoms with Crippen LogP contribution in [-0.2, 0) is 16.4 Å². The number of amides is 1. The van der Waals surface area contributed by atoms with Gasteiger partial charge in [0.2, 0.25) is 10.0 Å². The normalized spacial score (nSPS) is 11.7. The highest BCUT2D eigenvalue weighted by molar-refractivity contribution is 7.90. The zero-order chi connectivity index (χ0) is 16.4. The molecule has 0 aliphatic carbocycles. The number of aromatic amines is 1. The lowest BCUT2D eigenvalue weighted by molar-refractivity contribution is 0.0985. The number of fused-ring (bicyclic) bond motifs is 1. The van der Waals surface area contributed by atoms with E-state index in [2.05, 4.69) is 4.98 Å². The molecule has 0 spiro atoms. The van der Waals surface area contributed by atoms with Crippen molar-refractivity contribution in [1.82, 2.24) is 9.71 Å². The van der Waals surface area contributed by atoms with Crippen molar-refractivity contribution in [1.29, 1.82) is 0 Å². The number of carbonyl (C=O) groups is 1. The van der Waals surface area contributed by atoms with Crippen LogP contribution in [0.3, 0.4) is 0 Å². The highest BCUT2D eigenvalue weighted by atomic mass is 32.2. The molecule has 0 bridgehead atoms. The summed E-state index contributed by atoms with van der Waals surface area (Å²) in [5.74, 6) is -1.36. The Morgan fingerprint density at radius 3 is 2.83 bits per heavy atom. The number of rotatable bonds is 5. The number of benzene rings is 1. The van der Waals surface area contributed by atoms with Gasteiger partial charge in [0.05, 0.1) is 20.8 Å². The molecular weight excluding hydrogens is 339 g/mol. The molecule has 5 nitrogen and oxygen atoms in total.